The molecule has 47 heavy (non-hydrogen) atoms. The zero-order valence-corrected chi connectivity index (χ0v) is 29.2. The minimum Gasteiger partial charge on any atom is -0.497 e. The molecule has 0 saturated carbocycles. The van der Waals surface area contributed by atoms with Gasteiger partial charge in [-0.1, -0.05) is 35.9 Å². The average molecular weight is 667 g/mol. The van der Waals surface area contributed by atoms with Crippen molar-refractivity contribution in [1.29, 1.82) is 0 Å². The van der Waals surface area contributed by atoms with E-state index in [9.17, 15) is 8.42 Å². The molecule has 1 unspecified atom stereocenters. The first kappa shape index (κ1) is 35.2. The quantitative estimate of drug-likeness (QED) is 0.178. The van der Waals surface area contributed by atoms with E-state index in [4.69, 9.17) is 23.7 Å². The van der Waals surface area contributed by atoms with Gasteiger partial charge in [0.25, 0.3) is 0 Å². The Morgan fingerprint density at radius 1 is 1.00 bits per heavy atom. The number of hydrogen-bond acceptors (Lipinski definition) is 8. The molecule has 3 aromatic rings. The Bertz CT molecular complexity index is 1530. The third-order valence-electron chi connectivity index (χ3n) is 9.45. The Labute approximate surface area is 280 Å². The van der Waals surface area contributed by atoms with Crippen LogP contribution in [0, 0.1) is 6.92 Å². The molecule has 10 heteroatoms. The second kappa shape index (κ2) is 16.3. The minimum absolute atomic E-state index is 0.0141. The fourth-order valence-electron chi connectivity index (χ4n) is 6.58. The Kier molecular flexibility index (Phi) is 12.2. The van der Waals surface area contributed by atoms with Gasteiger partial charge in [-0.2, -0.15) is 4.31 Å². The lowest BCUT2D eigenvalue weighted by molar-refractivity contribution is -0.0227. The normalized spacial score (nSPS) is 20.8. The van der Waals surface area contributed by atoms with Crippen LogP contribution in [0.3, 0.4) is 0 Å². The summed E-state index contributed by atoms with van der Waals surface area (Å²) in [6.45, 7) is 7.63. The molecule has 0 radical (unpaired) electrons. The number of methoxy groups -OCH3 is 3. The molecule has 0 bridgehead atoms. The maximum absolute atomic E-state index is 14.3. The lowest BCUT2D eigenvalue weighted by atomic mass is 9.82. The van der Waals surface area contributed by atoms with Crippen LogP contribution < -0.4 is 14.4 Å². The monoisotopic (exact) mass is 666 g/mol. The molecule has 2 heterocycles. The van der Waals surface area contributed by atoms with Crippen molar-refractivity contribution in [2.75, 3.05) is 59.1 Å². The Morgan fingerprint density at radius 2 is 1.77 bits per heavy atom. The molecule has 0 amide bonds. The number of sulfonamides is 1. The fourth-order valence-corrected chi connectivity index (χ4v) is 8.26. The van der Waals surface area contributed by atoms with Crippen LogP contribution in [0.15, 0.2) is 71.6 Å². The summed E-state index contributed by atoms with van der Waals surface area (Å²) < 4.78 is 59.2. The first-order valence-electron chi connectivity index (χ1n) is 16.6. The predicted octanol–water partition coefficient (Wildman–Crippen LogP) is 6.19. The first-order valence-corrected chi connectivity index (χ1v) is 18.0. The van der Waals surface area contributed by atoms with Crippen LogP contribution in [-0.2, 0) is 30.8 Å². The van der Waals surface area contributed by atoms with Crippen molar-refractivity contribution in [1.82, 2.24) is 4.31 Å². The molecule has 0 aliphatic carbocycles. The lowest BCUT2D eigenvalue weighted by Gasteiger charge is -2.43. The Morgan fingerprint density at radius 3 is 2.47 bits per heavy atom. The van der Waals surface area contributed by atoms with E-state index in [0.717, 1.165) is 59.8 Å². The number of piperidine rings is 1. The molecule has 3 aromatic carbocycles. The van der Waals surface area contributed by atoms with Crippen molar-refractivity contribution >= 4 is 15.7 Å². The van der Waals surface area contributed by atoms with E-state index in [1.54, 1.807) is 37.8 Å². The number of fused-ring (bicyclic) bond motifs is 1. The van der Waals surface area contributed by atoms with Gasteiger partial charge in [0.05, 0.1) is 43.1 Å². The van der Waals surface area contributed by atoms with Gasteiger partial charge >= 0.3 is 0 Å². The summed E-state index contributed by atoms with van der Waals surface area (Å²) >= 11 is 0. The summed E-state index contributed by atoms with van der Waals surface area (Å²) in [5, 5.41) is 0. The number of aryl methyl sites for hydroxylation is 1. The highest BCUT2D eigenvalue weighted by molar-refractivity contribution is 7.89. The molecule has 2 aliphatic rings. The second-order valence-corrected chi connectivity index (χ2v) is 14.5. The lowest BCUT2D eigenvalue weighted by Crippen LogP contribution is -2.52. The van der Waals surface area contributed by atoms with Gasteiger partial charge < -0.3 is 28.6 Å². The van der Waals surface area contributed by atoms with Crippen LogP contribution in [0.4, 0.5) is 5.69 Å². The third kappa shape index (κ3) is 8.66. The van der Waals surface area contributed by atoms with E-state index in [2.05, 4.69) is 23.1 Å². The third-order valence-corrected chi connectivity index (χ3v) is 11.4. The number of rotatable bonds is 15. The van der Waals surface area contributed by atoms with Crippen molar-refractivity contribution in [3.63, 3.8) is 0 Å². The van der Waals surface area contributed by atoms with Crippen molar-refractivity contribution in [3.8, 4) is 11.5 Å². The topological polar surface area (TPSA) is 86.8 Å². The molecule has 0 spiro atoms. The summed E-state index contributed by atoms with van der Waals surface area (Å²) in [6, 6.07) is 21.2. The van der Waals surface area contributed by atoms with Crippen molar-refractivity contribution in [3.05, 3.63) is 83.4 Å². The van der Waals surface area contributed by atoms with Crippen LogP contribution in [0.5, 0.6) is 11.5 Å². The molecule has 1 saturated heterocycles. The predicted molar refractivity (Wildman–Crippen MR) is 184 cm³/mol. The molecule has 1 fully saturated rings. The number of anilines is 1. The van der Waals surface area contributed by atoms with E-state index in [0.29, 0.717) is 37.6 Å². The van der Waals surface area contributed by atoms with Crippen LogP contribution >= 0.6 is 0 Å². The average Bonchev–Trinajstić information content (AvgIpc) is 3.10. The highest BCUT2D eigenvalue weighted by atomic mass is 32.2. The molecule has 256 valence electrons. The highest BCUT2D eigenvalue weighted by Gasteiger charge is 2.43. The van der Waals surface area contributed by atoms with E-state index < -0.39 is 10.0 Å². The Hall–Kier alpha value is -3.15. The molecule has 4 atom stereocenters. The molecule has 0 N–H and O–H groups in total. The van der Waals surface area contributed by atoms with Crippen LogP contribution in [0.1, 0.15) is 55.2 Å². The van der Waals surface area contributed by atoms with Gasteiger partial charge in [-0.3, -0.25) is 0 Å². The van der Waals surface area contributed by atoms with Gasteiger partial charge in [-0.25, -0.2) is 8.42 Å². The van der Waals surface area contributed by atoms with Crippen LogP contribution in [0.2, 0.25) is 0 Å². The standard InChI is InChI=1S/C37H50N2O7S/c1-27-7-16-33(17-8-27)47(40,41)39-25-37(34(24-31(39)13-9-28(2)43-4)30-11-14-32(44-5)15-12-30)46-26-29-10-18-36-35(23-29)38(20-22-45-36)19-6-21-42-3/h7-8,10-12,14-18,23,28,31,34,37H,6,9,13,19-22,24-26H2,1-5H3/t28?,31-,34+,37-/m0/s1. The maximum Gasteiger partial charge on any atom is 0.243 e. The number of ether oxygens (including phenoxy) is 5. The summed E-state index contributed by atoms with van der Waals surface area (Å²) in [5.74, 6) is 1.64. The molecular formula is C37H50N2O7S. The molecule has 2 aliphatic heterocycles. The highest BCUT2D eigenvalue weighted by Crippen LogP contribution is 2.40. The van der Waals surface area contributed by atoms with Crippen molar-refractivity contribution in [2.45, 2.75) is 75.2 Å². The van der Waals surface area contributed by atoms with Crippen molar-refractivity contribution in [2.24, 2.45) is 0 Å². The number of hydrogen-bond donors (Lipinski definition) is 0. The number of nitrogens with zero attached hydrogens (tertiary/aromatic N) is 2. The van der Waals surface area contributed by atoms with E-state index >= 15 is 0 Å². The minimum atomic E-state index is -3.79. The largest absolute Gasteiger partial charge is 0.497 e. The molecular weight excluding hydrogens is 616 g/mol. The van der Waals surface area contributed by atoms with Gasteiger partial charge in [0.15, 0.2) is 0 Å². The zero-order valence-electron chi connectivity index (χ0n) is 28.4. The molecule has 9 nitrogen and oxygen atoms in total. The van der Waals surface area contributed by atoms with Crippen LogP contribution in [-0.4, -0.2) is 85.2 Å². The van der Waals surface area contributed by atoms with E-state index in [1.165, 1.54) is 0 Å². The molecule has 0 aromatic heterocycles. The van der Waals surface area contributed by atoms with Gasteiger partial charge in [-0.05, 0) is 87.1 Å². The zero-order chi connectivity index (χ0) is 33.4. The van der Waals surface area contributed by atoms with E-state index in [-0.39, 0.29) is 30.7 Å². The van der Waals surface area contributed by atoms with Crippen LogP contribution in [0.25, 0.3) is 0 Å². The summed E-state index contributed by atoms with van der Waals surface area (Å²) in [4.78, 5) is 2.64. The van der Waals surface area contributed by atoms with Gasteiger partial charge in [0, 0.05) is 45.9 Å². The number of benzene rings is 3. The van der Waals surface area contributed by atoms with Crippen molar-refractivity contribution < 1.29 is 32.1 Å². The first-order chi connectivity index (χ1) is 22.7. The maximum atomic E-state index is 14.3. The summed E-state index contributed by atoms with van der Waals surface area (Å²) in [5.41, 5.74) is 4.20. The smallest absolute Gasteiger partial charge is 0.243 e. The second-order valence-electron chi connectivity index (χ2n) is 12.6. The summed E-state index contributed by atoms with van der Waals surface area (Å²) in [7, 11) is 1.29. The van der Waals surface area contributed by atoms with Gasteiger partial charge in [0.1, 0.15) is 18.1 Å². The fraction of sp³-hybridized carbons (Fsp3) is 0.514. The van der Waals surface area contributed by atoms with E-state index in [1.807, 2.05) is 50.2 Å². The summed E-state index contributed by atoms with van der Waals surface area (Å²) in [6.07, 6.45) is 2.64. The molecule has 5 rings (SSSR count). The van der Waals surface area contributed by atoms with Gasteiger partial charge in [-0.15, -0.1) is 0 Å². The van der Waals surface area contributed by atoms with Gasteiger partial charge in [0.2, 0.25) is 10.0 Å². The Balaban J connectivity index is 1.44. The SMILES string of the molecule is COCCCN1CCOc2ccc(CO[C@H]3CN(S(=O)(=O)c4ccc(C)cc4)[C@@H](CCC(C)OC)C[C@@H]3c3ccc(OC)cc3)cc21.